The van der Waals surface area contributed by atoms with Gasteiger partial charge in [0, 0.05) is 0 Å². The van der Waals surface area contributed by atoms with Crippen molar-refractivity contribution in [2.45, 2.75) is 6.61 Å². The van der Waals surface area contributed by atoms with Crippen molar-refractivity contribution in [3.05, 3.63) is 64.7 Å². The van der Waals surface area contributed by atoms with E-state index in [2.05, 4.69) is 5.32 Å². The maximum Gasteiger partial charge on any atom is 0.259 e. The Morgan fingerprint density at radius 1 is 1.00 bits per heavy atom. The van der Waals surface area contributed by atoms with Gasteiger partial charge >= 0.3 is 0 Å². The van der Waals surface area contributed by atoms with E-state index in [1.807, 2.05) is 18.2 Å². The number of benzene rings is 2. The Labute approximate surface area is 120 Å². The number of fused-ring (bicyclic) bond motifs is 1. The monoisotopic (exact) mass is 278 g/mol. The lowest BCUT2D eigenvalue weighted by molar-refractivity contribution is 0.0879. The number of amides is 2. The molecule has 1 aliphatic heterocycles. The van der Waals surface area contributed by atoms with Crippen molar-refractivity contribution in [1.29, 1.82) is 5.26 Å². The molecule has 1 N–H and O–H groups in total. The Morgan fingerprint density at radius 3 is 2.43 bits per heavy atom. The van der Waals surface area contributed by atoms with Crippen LogP contribution in [0.3, 0.4) is 0 Å². The van der Waals surface area contributed by atoms with E-state index in [0.717, 1.165) is 5.56 Å². The summed E-state index contributed by atoms with van der Waals surface area (Å²) in [4.78, 5) is 23.0. The summed E-state index contributed by atoms with van der Waals surface area (Å²) >= 11 is 0. The molecule has 5 nitrogen and oxygen atoms in total. The van der Waals surface area contributed by atoms with Crippen molar-refractivity contribution >= 4 is 11.8 Å². The van der Waals surface area contributed by atoms with Gasteiger partial charge in [-0.2, -0.15) is 5.26 Å². The van der Waals surface area contributed by atoms with Gasteiger partial charge in [0.15, 0.2) is 0 Å². The topological polar surface area (TPSA) is 79.2 Å². The molecule has 0 fully saturated rings. The number of carbonyl (C=O) groups is 2. The van der Waals surface area contributed by atoms with E-state index in [4.69, 9.17) is 10.00 Å². The van der Waals surface area contributed by atoms with Gasteiger partial charge < -0.3 is 4.74 Å². The normalized spacial score (nSPS) is 12.5. The molecule has 0 atom stereocenters. The summed E-state index contributed by atoms with van der Waals surface area (Å²) in [7, 11) is 0. The molecule has 0 radical (unpaired) electrons. The largest absolute Gasteiger partial charge is 0.489 e. The molecular weight excluding hydrogens is 268 g/mol. The highest BCUT2D eigenvalue weighted by Gasteiger charge is 2.26. The third-order valence-corrected chi connectivity index (χ3v) is 3.20. The fourth-order valence-corrected chi connectivity index (χ4v) is 2.08. The first-order chi connectivity index (χ1) is 10.2. The summed E-state index contributed by atoms with van der Waals surface area (Å²) in [5, 5.41) is 11.0. The molecule has 0 saturated carbocycles. The molecule has 0 aliphatic carbocycles. The summed E-state index contributed by atoms with van der Waals surface area (Å²) in [6, 6.07) is 13.9. The van der Waals surface area contributed by atoms with Gasteiger partial charge in [-0.15, -0.1) is 0 Å². The van der Waals surface area contributed by atoms with Gasteiger partial charge in [-0.1, -0.05) is 12.1 Å². The smallest absolute Gasteiger partial charge is 0.259 e. The van der Waals surface area contributed by atoms with Crippen molar-refractivity contribution in [3.63, 3.8) is 0 Å². The number of nitrogens with one attached hydrogen (secondary N) is 1. The molecule has 0 spiro atoms. The lowest BCUT2D eigenvalue weighted by Crippen LogP contribution is -2.19. The summed E-state index contributed by atoms with van der Waals surface area (Å²) in [5.74, 6) is -0.268. The van der Waals surface area contributed by atoms with Crippen LogP contribution in [-0.4, -0.2) is 11.8 Å². The molecule has 0 unspecified atom stereocenters. The molecule has 2 aromatic rings. The lowest BCUT2D eigenvalue weighted by atomic mass is 10.1. The van der Waals surface area contributed by atoms with Crippen LogP contribution in [0, 0.1) is 11.3 Å². The molecule has 0 bridgehead atoms. The molecule has 2 amide bonds. The van der Waals surface area contributed by atoms with Crippen LogP contribution in [0.2, 0.25) is 0 Å². The Balaban J connectivity index is 1.74. The van der Waals surface area contributed by atoms with Crippen LogP contribution in [0.4, 0.5) is 0 Å². The molecule has 0 saturated heterocycles. The van der Waals surface area contributed by atoms with Crippen LogP contribution in [0.1, 0.15) is 31.8 Å². The predicted molar refractivity (Wildman–Crippen MR) is 73.7 cm³/mol. The number of carbonyl (C=O) groups excluding carboxylic acids is 2. The van der Waals surface area contributed by atoms with Crippen LogP contribution in [0.5, 0.6) is 5.75 Å². The molecule has 5 heteroatoms. The zero-order chi connectivity index (χ0) is 14.8. The highest BCUT2D eigenvalue weighted by Crippen LogP contribution is 2.22. The van der Waals surface area contributed by atoms with E-state index in [9.17, 15) is 9.59 Å². The maximum atomic E-state index is 11.6. The van der Waals surface area contributed by atoms with Crippen molar-refractivity contribution in [1.82, 2.24) is 5.32 Å². The third-order valence-electron chi connectivity index (χ3n) is 3.20. The fraction of sp³-hybridized carbons (Fsp3) is 0.0625. The fourth-order valence-electron chi connectivity index (χ4n) is 2.08. The Morgan fingerprint density at radius 2 is 1.71 bits per heavy atom. The van der Waals surface area contributed by atoms with Crippen molar-refractivity contribution in [3.8, 4) is 11.8 Å². The van der Waals surface area contributed by atoms with Crippen molar-refractivity contribution in [2.24, 2.45) is 0 Å². The SMILES string of the molecule is N#Cc1ccc(COc2ccc3c(c2)C(=O)NC3=O)cc1. The van der Waals surface area contributed by atoms with Crippen LogP contribution < -0.4 is 10.1 Å². The molecule has 3 rings (SSSR count). The van der Waals surface area contributed by atoms with Gasteiger partial charge in [-0.3, -0.25) is 14.9 Å². The second-order valence-corrected chi connectivity index (χ2v) is 4.59. The van der Waals surface area contributed by atoms with E-state index in [0.29, 0.717) is 29.0 Å². The molecule has 102 valence electrons. The van der Waals surface area contributed by atoms with Crippen LogP contribution in [0.15, 0.2) is 42.5 Å². The highest BCUT2D eigenvalue weighted by molar-refractivity contribution is 6.21. The van der Waals surface area contributed by atoms with E-state index in [-0.39, 0.29) is 5.91 Å². The zero-order valence-electron chi connectivity index (χ0n) is 10.9. The zero-order valence-corrected chi connectivity index (χ0v) is 10.9. The summed E-state index contributed by atoms with van der Waals surface area (Å²) in [6.45, 7) is 0.320. The first kappa shape index (κ1) is 12.9. The second kappa shape index (κ2) is 5.10. The first-order valence-corrected chi connectivity index (χ1v) is 6.29. The highest BCUT2D eigenvalue weighted by atomic mass is 16.5. The predicted octanol–water partition coefficient (Wildman–Crippen LogP) is 2.02. The van der Waals surface area contributed by atoms with E-state index in [1.165, 1.54) is 0 Å². The number of ether oxygens (including phenoxy) is 1. The maximum absolute atomic E-state index is 11.6. The second-order valence-electron chi connectivity index (χ2n) is 4.59. The minimum absolute atomic E-state index is 0.320. The minimum Gasteiger partial charge on any atom is -0.489 e. The van der Waals surface area contributed by atoms with E-state index >= 15 is 0 Å². The van der Waals surface area contributed by atoms with Gasteiger partial charge in [-0.05, 0) is 35.9 Å². The van der Waals surface area contributed by atoms with Gasteiger partial charge in [-0.25, -0.2) is 0 Å². The number of rotatable bonds is 3. The molecule has 2 aromatic carbocycles. The summed E-state index contributed by atoms with van der Waals surface area (Å²) in [5.41, 5.74) is 2.20. The quantitative estimate of drug-likeness (QED) is 0.871. The average molecular weight is 278 g/mol. The van der Waals surface area contributed by atoms with Gasteiger partial charge in [0.05, 0.1) is 22.8 Å². The van der Waals surface area contributed by atoms with Crippen LogP contribution in [0.25, 0.3) is 0 Å². The lowest BCUT2D eigenvalue weighted by Gasteiger charge is -2.07. The third kappa shape index (κ3) is 2.47. The number of nitriles is 1. The number of nitrogens with zero attached hydrogens (tertiary/aromatic N) is 1. The minimum atomic E-state index is -0.404. The van der Waals surface area contributed by atoms with Crippen molar-refractivity contribution in [2.75, 3.05) is 0 Å². The van der Waals surface area contributed by atoms with Crippen LogP contribution in [-0.2, 0) is 6.61 Å². The molecule has 21 heavy (non-hydrogen) atoms. The van der Waals surface area contributed by atoms with Crippen molar-refractivity contribution < 1.29 is 14.3 Å². The van der Waals surface area contributed by atoms with Crippen LogP contribution >= 0.6 is 0 Å². The molecule has 0 aromatic heterocycles. The first-order valence-electron chi connectivity index (χ1n) is 6.29. The summed E-state index contributed by atoms with van der Waals surface area (Å²) in [6.07, 6.45) is 0. The molecule has 1 heterocycles. The summed E-state index contributed by atoms with van der Waals surface area (Å²) < 4.78 is 5.60. The number of hydrogen-bond donors (Lipinski definition) is 1. The Kier molecular flexibility index (Phi) is 3.13. The van der Waals surface area contributed by atoms with Gasteiger partial charge in [0.1, 0.15) is 12.4 Å². The number of imide groups is 1. The van der Waals surface area contributed by atoms with E-state index < -0.39 is 5.91 Å². The Bertz CT molecular complexity index is 773. The molecule has 1 aliphatic rings. The van der Waals surface area contributed by atoms with E-state index in [1.54, 1.807) is 30.3 Å². The average Bonchev–Trinajstić information content (AvgIpc) is 2.80. The Hall–Kier alpha value is -3.13. The molecular formula is C16H10N2O3. The van der Waals surface area contributed by atoms with Gasteiger partial charge in [0.2, 0.25) is 0 Å². The number of hydrogen-bond acceptors (Lipinski definition) is 4. The standard InChI is InChI=1S/C16H10N2O3/c17-8-10-1-3-11(4-2-10)9-21-12-5-6-13-14(7-12)16(20)18-15(13)19/h1-7H,9H2,(H,18,19,20). The van der Waals surface area contributed by atoms with Gasteiger partial charge in [0.25, 0.3) is 11.8 Å².